The van der Waals surface area contributed by atoms with Crippen molar-refractivity contribution in [3.05, 3.63) is 29.8 Å². The Labute approximate surface area is 108 Å². The molecule has 0 amide bonds. The predicted molar refractivity (Wildman–Crippen MR) is 63.4 cm³/mol. The Kier molecular flexibility index (Phi) is 3.50. The lowest BCUT2D eigenvalue weighted by Gasteiger charge is -2.03. The molecule has 0 aliphatic heterocycles. The Morgan fingerprint density at radius 2 is 2.11 bits per heavy atom. The third kappa shape index (κ3) is 3.07. The molecular formula is C11H14F3N5. The number of hydrogen-bond acceptors (Lipinski definition) is 3. The van der Waals surface area contributed by atoms with Gasteiger partial charge in [0.25, 0.3) is 0 Å². The molecule has 2 heterocycles. The van der Waals surface area contributed by atoms with Crippen LogP contribution in [0.1, 0.15) is 18.3 Å². The highest BCUT2D eigenvalue weighted by Crippen LogP contribution is 2.28. The first-order valence-corrected chi connectivity index (χ1v) is 5.76. The van der Waals surface area contributed by atoms with Crippen LogP contribution in [0.4, 0.5) is 18.9 Å². The maximum absolute atomic E-state index is 12.5. The van der Waals surface area contributed by atoms with Gasteiger partial charge in [-0.25, -0.2) is 0 Å². The molecular weight excluding hydrogens is 259 g/mol. The maximum Gasteiger partial charge on any atom is 0.435 e. The third-order valence-electron chi connectivity index (χ3n) is 2.70. The van der Waals surface area contributed by atoms with Gasteiger partial charge < -0.3 is 5.32 Å². The van der Waals surface area contributed by atoms with Crippen molar-refractivity contribution >= 4 is 5.69 Å². The van der Waals surface area contributed by atoms with E-state index in [9.17, 15) is 13.2 Å². The number of nitrogens with one attached hydrogen (secondary N) is 1. The molecule has 1 N–H and O–H groups in total. The highest BCUT2D eigenvalue weighted by molar-refractivity contribution is 5.38. The van der Waals surface area contributed by atoms with Crippen LogP contribution in [0.2, 0.25) is 0 Å². The van der Waals surface area contributed by atoms with E-state index in [0.717, 1.165) is 18.3 Å². The van der Waals surface area contributed by atoms with Gasteiger partial charge in [-0.2, -0.15) is 23.4 Å². The van der Waals surface area contributed by atoms with E-state index in [4.69, 9.17) is 0 Å². The Hall–Kier alpha value is -1.99. The fraction of sp³-hybridized carbons (Fsp3) is 0.455. The molecule has 0 unspecified atom stereocenters. The van der Waals surface area contributed by atoms with Crippen LogP contribution in [0, 0.1) is 0 Å². The number of rotatable bonds is 4. The highest BCUT2D eigenvalue weighted by atomic mass is 19.4. The molecule has 19 heavy (non-hydrogen) atoms. The number of halogens is 3. The molecule has 0 fully saturated rings. The molecule has 2 rings (SSSR count). The van der Waals surface area contributed by atoms with Crippen molar-refractivity contribution in [3.8, 4) is 0 Å². The van der Waals surface area contributed by atoms with Crippen molar-refractivity contribution in [3.63, 3.8) is 0 Å². The lowest BCUT2D eigenvalue weighted by atomic mass is 10.3. The zero-order valence-corrected chi connectivity index (χ0v) is 10.6. The average Bonchev–Trinajstić information content (AvgIpc) is 2.92. The zero-order chi connectivity index (χ0) is 14.0. The summed E-state index contributed by atoms with van der Waals surface area (Å²) in [6.07, 6.45) is -0.991. The van der Waals surface area contributed by atoms with Gasteiger partial charge >= 0.3 is 6.18 Å². The van der Waals surface area contributed by atoms with E-state index in [1.165, 1.54) is 11.7 Å². The SMILES string of the molecule is CCn1cc(NCc2cc(C(F)(F)F)nn2C)cn1. The molecule has 104 valence electrons. The molecule has 0 bridgehead atoms. The van der Waals surface area contributed by atoms with Gasteiger partial charge in [0, 0.05) is 19.8 Å². The molecule has 2 aromatic heterocycles. The fourth-order valence-corrected chi connectivity index (χ4v) is 1.63. The van der Waals surface area contributed by atoms with Crippen molar-refractivity contribution in [2.45, 2.75) is 26.2 Å². The Morgan fingerprint density at radius 3 is 2.63 bits per heavy atom. The minimum atomic E-state index is -4.41. The Morgan fingerprint density at radius 1 is 1.37 bits per heavy atom. The van der Waals surface area contributed by atoms with Crippen LogP contribution in [-0.2, 0) is 26.3 Å². The van der Waals surface area contributed by atoms with Crippen molar-refractivity contribution in [2.75, 3.05) is 5.32 Å². The zero-order valence-electron chi connectivity index (χ0n) is 10.6. The van der Waals surface area contributed by atoms with Crippen LogP contribution in [0.25, 0.3) is 0 Å². The van der Waals surface area contributed by atoms with E-state index in [0.29, 0.717) is 5.69 Å². The van der Waals surface area contributed by atoms with Gasteiger partial charge in [-0.1, -0.05) is 0 Å². The van der Waals surface area contributed by atoms with Crippen molar-refractivity contribution < 1.29 is 13.2 Å². The third-order valence-corrected chi connectivity index (χ3v) is 2.70. The molecule has 0 atom stereocenters. The number of alkyl halides is 3. The van der Waals surface area contributed by atoms with E-state index in [-0.39, 0.29) is 6.54 Å². The second kappa shape index (κ2) is 4.94. The van der Waals surface area contributed by atoms with Crippen LogP contribution < -0.4 is 5.32 Å². The summed E-state index contributed by atoms with van der Waals surface area (Å²) < 4.78 is 40.4. The fourth-order valence-electron chi connectivity index (χ4n) is 1.63. The maximum atomic E-state index is 12.5. The number of nitrogens with zero attached hydrogens (tertiary/aromatic N) is 4. The van der Waals surface area contributed by atoms with Gasteiger partial charge in [0.2, 0.25) is 0 Å². The topological polar surface area (TPSA) is 47.7 Å². The average molecular weight is 273 g/mol. The number of aryl methyl sites for hydroxylation is 2. The van der Waals surface area contributed by atoms with E-state index in [1.807, 2.05) is 6.92 Å². The monoisotopic (exact) mass is 273 g/mol. The van der Waals surface area contributed by atoms with Crippen LogP contribution in [0.15, 0.2) is 18.5 Å². The summed E-state index contributed by atoms with van der Waals surface area (Å²) >= 11 is 0. The molecule has 8 heteroatoms. The molecule has 0 aromatic carbocycles. The minimum absolute atomic E-state index is 0.259. The molecule has 0 radical (unpaired) electrons. The molecule has 0 saturated heterocycles. The molecule has 0 spiro atoms. The van der Waals surface area contributed by atoms with Crippen molar-refractivity contribution in [2.24, 2.45) is 7.05 Å². The van der Waals surface area contributed by atoms with E-state index < -0.39 is 11.9 Å². The molecule has 0 aliphatic carbocycles. The Balaban J connectivity index is 2.05. The van der Waals surface area contributed by atoms with Crippen LogP contribution in [0.5, 0.6) is 0 Å². The predicted octanol–water partition coefficient (Wildman–Crippen LogP) is 2.27. The van der Waals surface area contributed by atoms with Gasteiger partial charge in [0.05, 0.1) is 24.1 Å². The summed E-state index contributed by atoms with van der Waals surface area (Å²) in [4.78, 5) is 0. The molecule has 0 aliphatic rings. The first-order chi connectivity index (χ1) is 8.90. The van der Waals surface area contributed by atoms with Gasteiger partial charge in [-0.3, -0.25) is 9.36 Å². The highest BCUT2D eigenvalue weighted by Gasteiger charge is 2.34. The van der Waals surface area contributed by atoms with Gasteiger partial charge in [-0.05, 0) is 13.0 Å². The molecule has 2 aromatic rings. The van der Waals surface area contributed by atoms with Gasteiger partial charge in [-0.15, -0.1) is 0 Å². The summed E-state index contributed by atoms with van der Waals surface area (Å²) in [5.74, 6) is 0. The lowest BCUT2D eigenvalue weighted by molar-refractivity contribution is -0.141. The normalized spacial score (nSPS) is 11.8. The van der Waals surface area contributed by atoms with E-state index in [1.54, 1.807) is 17.1 Å². The van der Waals surface area contributed by atoms with E-state index >= 15 is 0 Å². The second-order valence-electron chi connectivity index (χ2n) is 4.08. The molecule has 5 nitrogen and oxygen atoms in total. The largest absolute Gasteiger partial charge is 0.435 e. The standard InChI is InChI=1S/C11H14F3N5/c1-3-19-7-8(5-16-19)15-6-9-4-10(11(12,13)14)17-18(9)2/h4-5,7,15H,3,6H2,1-2H3. The second-order valence-corrected chi connectivity index (χ2v) is 4.08. The van der Waals surface area contributed by atoms with Crippen LogP contribution >= 0.6 is 0 Å². The lowest BCUT2D eigenvalue weighted by Crippen LogP contribution is -2.07. The van der Waals surface area contributed by atoms with Crippen LogP contribution in [-0.4, -0.2) is 19.6 Å². The first-order valence-electron chi connectivity index (χ1n) is 5.76. The Bertz CT molecular complexity index is 555. The van der Waals surface area contributed by atoms with Gasteiger partial charge in [0.15, 0.2) is 5.69 Å². The quantitative estimate of drug-likeness (QED) is 0.929. The summed E-state index contributed by atoms with van der Waals surface area (Å²) in [7, 11) is 1.49. The van der Waals surface area contributed by atoms with Crippen molar-refractivity contribution in [1.82, 2.24) is 19.6 Å². The summed E-state index contributed by atoms with van der Waals surface area (Å²) in [5, 5.41) is 10.5. The number of hydrogen-bond donors (Lipinski definition) is 1. The molecule has 0 saturated carbocycles. The smallest absolute Gasteiger partial charge is 0.377 e. The summed E-state index contributed by atoms with van der Waals surface area (Å²) in [5.41, 5.74) is 0.337. The van der Waals surface area contributed by atoms with E-state index in [2.05, 4.69) is 15.5 Å². The summed E-state index contributed by atoms with van der Waals surface area (Å²) in [6.45, 7) is 2.95. The summed E-state index contributed by atoms with van der Waals surface area (Å²) in [6, 6.07) is 1.04. The number of aromatic nitrogens is 4. The van der Waals surface area contributed by atoms with Gasteiger partial charge in [0.1, 0.15) is 0 Å². The number of anilines is 1. The van der Waals surface area contributed by atoms with Crippen LogP contribution in [0.3, 0.4) is 0 Å². The first kappa shape index (κ1) is 13.4. The van der Waals surface area contributed by atoms with Crippen molar-refractivity contribution in [1.29, 1.82) is 0 Å². The minimum Gasteiger partial charge on any atom is -0.377 e.